The number of fused-ring (bicyclic) bond motifs is 1. The Morgan fingerprint density at radius 3 is 2.81 bits per heavy atom. The molecule has 7 heteroatoms. The molecule has 27 heavy (non-hydrogen) atoms. The number of imidazole rings is 1. The largest absolute Gasteiger partial charge is 0.465 e. The van der Waals surface area contributed by atoms with E-state index >= 15 is 0 Å². The van der Waals surface area contributed by atoms with Crippen molar-refractivity contribution >= 4 is 28.6 Å². The normalized spacial score (nSPS) is 12.2. The third-order valence-corrected chi connectivity index (χ3v) is 4.70. The SMILES string of the molecule is O=C(O)NC(Cc1c[nH]c2cc(Cl)ccc12)c1ncc(-c2ccccc2)[nH]1. The first-order valence-electron chi connectivity index (χ1n) is 8.45. The van der Waals surface area contributed by atoms with Crippen molar-refractivity contribution in [1.29, 1.82) is 0 Å². The Morgan fingerprint density at radius 2 is 2.04 bits per heavy atom. The predicted octanol–water partition coefficient (Wildman–Crippen LogP) is 4.76. The maximum Gasteiger partial charge on any atom is 0.405 e. The Morgan fingerprint density at radius 1 is 1.22 bits per heavy atom. The number of amides is 1. The lowest BCUT2D eigenvalue weighted by molar-refractivity contribution is 0.189. The van der Waals surface area contributed by atoms with Gasteiger partial charge in [0, 0.05) is 28.5 Å². The third kappa shape index (κ3) is 3.66. The first kappa shape index (κ1) is 17.2. The average molecular weight is 381 g/mol. The van der Waals surface area contributed by atoms with Crippen LogP contribution in [-0.2, 0) is 6.42 Å². The minimum Gasteiger partial charge on any atom is -0.465 e. The van der Waals surface area contributed by atoms with Gasteiger partial charge >= 0.3 is 6.09 Å². The Kier molecular flexibility index (Phi) is 4.56. The molecule has 6 nitrogen and oxygen atoms in total. The zero-order valence-corrected chi connectivity index (χ0v) is 15.0. The van der Waals surface area contributed by atoms with Crippen LogP contribution in [0.2, 0.25) is 5.02 Å². The molecule has 0 bridgehead atoms. The van der Waals surface area contributed by atoms with Crippen molar-refractivity contribution < 1.29 is 9.90 Å². The van der Waals surface area contributed by atoms with Crippen LogP contribution in [0, 0.1) is 0 Å². The summed E-state index contributed by atoms with van der Waals surface area (Å²) in [4.78, 5) is 22.1. The van der Waals surface area contributed by atoms with Crippen LogP contribution in [0.15, 0.2) is 60.9 Å². The van der Waals surface area contributed by atoms with E-state index in [1.54, 1.807) is 6.20 Å². The zero-order chi connectivity index (χ0) is 18.8. The minimum atomic E-state index is -1.10. The molecule has 0 aliphatic rings. The van der Waals surface area contributed by atoms with Crippen LogP contribution in [0.4, 0.5) is 4.79 Å². The van der Waals surface area contributed by atoms with Gasteiger partial charge in [-0.25, -0.2) is 9.78 Å². The number of nitrogens with one attached hydrogen (secondary N) is 3. The molecule has 0 saturated heterocycles. The number of benzene rings is 2. The van der Waals surface area contributed by atoms with Gasteiger partial charge in [-0.15, -0.1) is 0 Å². The summed E-state index contributed by atoms with van der Waals surface area (Å²) in [5.41, 5.74) is 3.73. The molecule has 0 aliphatic carbocycles. The van der Waals surface area contributed by atoms with Gasteiger partial charge in [0.05, 0.1) is 17.9 Å². The summed E-state index contributed by atoms with van der Waals surface area (Å²) in [7, 11) is 0. The summed E-state index contributed by atoms with van der Waals surface area (Å²) >= 11 is 6.03. The number of H-pyrrole nitrogens is 2. The molecule has 0 radical (unpaired) electrons. The second-order valence-corrected chi connectivity index (χ2v) is 6.69. The van der Waals surface area contributed by atoms with Gasteiger partial charge in [-0.05, 0) is 23.3 Å². The summed E-state index contributed by atoms with van der Waals surface area (Å²) in [6.07, 6.45) is 2.95. The van der Waals surface area contributed by atoms with E-state index in [1.165, 1.54) is 0 Å². The van der Waals surface area contributed by atoms with Crippen molar-refractivity contribution in [3.05, 3.63) is 77.3 Å². The molecule has 4 aromatic rings. The summed E-state index contributed by atoms with van der Waals surface area (Å²) < 4.78 is 0. The molecule has 2 aromatic carbocycles. The molecule has 136 valence electrons. The predicted molar refractivity (Wildman–Crippen MR) is 105 cm³/mol. The van der Waals surface area contributed by atoms with Gasteiger partial charge < -0.3 is 20.4 Å². The fourth-order valence-electron chi connectivity index (χ4n) is 3.19. The summed E-state index contributed by atoms with van der Waals surface area (Å²) in [6.45, 7) is 0. The number of aromatic nitrogens is 3. The fourth-order valence-corrected chi connectivity index (χ4v) is 3.36. The molecule has 1 atom stereocenters. The highest BCUT2D eigenvalue weighted by atomic mass is 35.5. The average Bonchev–Trinajstić information content (AvgIpc) is 3.29. The van der Waals surface area contributed by atoms with E-state index < -0.39 is 12.1 Å². The van der Waals surface area contributed by atoms with E-state index in [4.69, 9.17) is 11.6 Å². The van der Waals surface area contributed by atoms with E-state index in [0.717, 1.165) is 27.7 Å². The topological polar surface area (TPSA) is 93.8 Å². The van der Waals surface area contributed by atoms with E-state index in [9.17, 15) is 9.90 Å². The summed E-state index contributed by atoms with van der Waals surface area (Å²) in [5.74, 6) is 0.569. The zero-order valence-electron chi connectivity index (χ0n) is 14.2. The number of aromatic amines is 2. The highest BCUT2D eigenvalue weighted by Gasteiger charge is 2.20. The van der Waals surface area contributed by atoms with Crippen LogP contribution in [-0.4, -0.2) is 26.2 Å². The Bertz CT molecular complexity index is 1090. The Hall–Kier alpha value is -3.25. The van der Waals surface area contributed by atoms with Crippen LogP contribution in [0.3, 0.4) is 0 Å². The monoisotopic (exact) mass is 380 g/mol. The molecule has 0 spiro atoms. The lowest BCUT2D eigenvalue weighted by Gasteiger charge is -2.14. The first-order chi connectivity index (χ1) is 13.1. The molecular weight excluding hydrogens is 364 g/mol. The van der Waals surface area contributed by atoms with Gasteiger partial charge in [-0.1, -0.05) is 48.0 Å². The number of rotatable bonds is 5. The van der Waals surface area contributed by atoms with Gasteiger partial charge in [-0.2, -0.15) is 0 Å². The van der Waals surface area contributed by atoms with Gasteiger partial charge in [0.15, 0.2) is 0 Å². The van der Waals surface area contributed by atoms with Crippen LogP contribution in [0.1, 0.15) is 17.4 Å². The molecule has 4 N–H and O–H groups in total. The number of carbonyl (C=O) groups is 1. The number of hydrogen-bond donors (Lipinski definition) is 4. The maximum absolute atomic E-state index is 11.3. The van der Waals surface area contributed by atoms with Crippen molar-refractivity contribution in [2.75, 3.05) is 0 Å². The van der Waals surface area contributed by atoms with E-state index in [-0.39, 0.29) is 0 Å². The second kappa shape index (κ2) is 7.17. The number of nitrogens with zero attached hydrogens (tertiary/aromatic N) is 1. The number of carboxylic acid groups (broad SMARTS) is 1. The molecular formula is C20H17ClN4O2. The minimum absolute atomic E-state index is 0.454. The second-order valence-electron chi connectivity index (χ2n) is 6.26. The van der Waals surface area contributed by atoms with Gasteiger partial charge in [0.25, 0.3) is 0 Å². The van der Waals surface area contributed by atoms with E-state index in [0.29, 0.717) is 17.3 Å². The molecule has 1 unspecified atom stereocenters. The quantitative estimate of drug-likeness (QED) is 0.402. The maximum atomic E-state index is 11.3. The molecule has 1 amide bonds. The van der Waals surface area contributed by atoms with Crippen LogP contribution >= 0.6 is 11.6 Å². The van der Waals surface area contributed by atoms with Gasteiger partial charge in [-0.3, -0.25) is 0 Å². The molecule has 2 heterocycles. The van der Waals surface area contributed by atoms with Crippen molar-refractivity contribution in [2.24, 2.45) is 0 Å². The van der Waals surface area contributed by atoms with Crippen LogP contribution in [0.25, 0.3) is 22.2 Å². The molecule has 0 aliphatic heterocycles. The summed E-state index contributed by atoms with van der Waals surface area (Å²) in [6, 6.07) is 14.9. The van der Waals surface area contributed by atoms with Crippen molar-refractivity contribution in [1.82, 2.24) is 20.3 Å². The molecule has 0 fully saturated rings. The Labute approximate surface area is 160 Å². The van der Waals surface area contributed by atoms with Gasteiger partial charge in [0.1, 0.15) is 5.82 Å². The highest BCUT2D eigenvalue weighted by Crippen LogP contribution is 2.27. The van der Waals surface area contributed by atoms with E-state index in [1.807, 2.05) is 54.7 Å². The van der Waals surface area contributed by atoms with Gasteiger partial charge in [0.2, 0.25) is 0 Å². The molecule has 2 aromatic heterocycles. The lowest BCUT2D eigenvalue weighted by Crippen LogP contribution is -2.29. The van der Waals surface area contributed by atoms with Crippen LogP contribution in [0.5, 0.6) is 0 Å². The van der Waals surface area contributed by atoms with Crippen molar-refractivity contribution in [2.45, 2.75) is 12.5 Å². The molecule has 0 saturated carbocycles. The van der Waals surface area contributed by atoms with E-state index in [2.05, 4.69) is 20.3 Å². The van der Waals surface area contributed by atoms with Crippen molar-refractivity contribution in [3.8, 4) is 11.3 Å². The van der Waals surface area contributed by atoms with Crippen LogP contribution < -0.4 is 5.32 Å². The third-order valence-electron chi connectivity index (χ3n) is 4.46. The number of halogens is 1. The first-order valence-corrected chi connectivity index (χ1v) is 8.83. The fraction of sp³-hybridized carbons (Fsp3) is 0.100. The Balaban J connectivity index is 1.65. The highest BCUT2D eigenvalue weighted by molar-refractivity contribution is 6.31. The molecule has 4 rings (SSSR count). The standard InChI is InChI=1S/C20H17ClN4O2/c21-14-6-7-15-13(10-22-16(15)9-14)8-17(25-20(26)27)19-23-11-18(24-19)12-4-2-1-3-5-12/h1-7,9-11,17,22,25H,8H2,(H,23,24)(H,26,27). The number of hydrogen-bond acceptors (Lipinski definition) is 2. The summed E-state index contributed by atoms with van der Waals surface area (Å²) in [5, 5.41) is 13.5. The van der Waals surface area contributed by atoms with Crippen molar-refractivity contribution in [3.63, 3.8) is 0 Å². The lowest BCUT2D eigenvalue weighted by atomic mass is 10.0. The smallest absolute Gasteiger partial charge is 0.405 e.